The van der Waals surface area contributed by atoms with Crippen LogP contribution in [0.15, 0.2) is 36.4 Å². The minimum absolute atomic E-state index is 0.0623. The van der Waals surface area contributed by atoms with Crippen LogP contribution in [0.25, 0.3) is 0 Å². The number of aryl methyl sites for hydroxylation is 1. The first-order valence-corrected chi connectivity index (χ1v) is 7.31. The van der Waals surface area contributed by atoms with E-state index in [0.29, 0.717) is 0 Å². The Morgan fingerprint density at radius 2 is 1.90 bits per heavy atom. The van der Waals surface area contributed by atoms with Crippen LogP contribution in [0.4, 0.5) is 0 Å². The molecule has 2 aromatic rings. The van der Waals surface area contributed by atoms with Crippen molar-refractivity contribution in [3.05, 3.63) is 58.1 Å². The first-order valence-electron chi connectivity index (χ1n) is 6.93. The predicted molar refractivity (Wildman–Crippen MR) is 84.2 cm³/mol. The molecule has 0 aliphatic heterocycles. The molecular formula is C17H18ClNO2. The molecule has 21 heavy (non-hydrogen) atoms. The molecule has 110 valence electrons. The van der Waals surface area contributed by atoms with Crippen LogP contribution >= 0.6 is 11.6 Å². The fourth-order valence-electron chi connectivity index (χ4n) is 2.72. The average molecular weight is 304 g/mol. The Labute approximate surface area is 129 Å². The van der Waals surface area contributed by atoms with Gasteiger partial charge in [0.25, 0.3) is 0 Å². The van der Waals surface area contributed by atoms with Crippen molar-refractivity contribution >= 4 is 11.6 Å². The summed E-state index contributed by atoms with van der Waals surface area (Å²) in [5.74, 6) is 1.63. The van der Waals surface area contributed by atoms with Gasteiger partial charge in [0.15, 0.2) is 0 Å². The maximum absolute atomic E-state index is 6.32. The first kappa shape index (κ1) is 14.2. The van der Waals surface area contributed by atoms with E-state index in [-0.39, 0.29) is 12.1 Å². The molecule has 0 amide bonds. The van der Waals surface area contributed by atoms with Crippen LogP contribution in [0.1, 0.15) is 22.7 Å². The third kappa shape index (κ3) is 2.71. The molecule has 2 unspecified atom stereocenters. The smallest absolute Gasteiger partial charge is 0.122 e. The zero-order valence-corrected chi connectivity index (χ0v) is 12.9. The van der Waals surface area contributed by atoms with Gasteiger partial charge in [-0.3, -0.25) is 0 Å². The molecule has 2 aromatic carbocycles. The second kappa shape index (κ2) is 5.58. The Balaban J connectivity index is 1.81. The molecule has 0 saturated heterocycles. The summed E-state index contributed by atoms with van der Waals surface area (Å²) in [7, 11) is 1.66. The molecule has 3 nitrogen and oxygen atoms in total. The molecule has 4 heteroatoms. The lowest BCUT2D eigenvalue weighted by Crippen LogP contribution is -2.27. The number of methoxy groups -OCH3 is 1. The molecular weight excluding hydrogens is 286 g/mol. The number of benzene rings is 2. The van der Waals surface area contributed by atoms with Crippen LogP contribution < -0.4 is 15.2 Å². The minimum Gasteiger partial charge on any atom is -0.497 e. The van der Waals surface area contributed by atoms with Crippen molar-refractivity contribution in [1.82, 2.24) is 0 Å². The van der Waals surface area contributed by atoms with E-state index in [1.165, 1.54) is 5.56 Å². The van der Waals surface area contributed by atoms with Gasteiger partial charge in [-0.05, 0) is 53.9 Å². The summed E-state index contributed by atoms with van der Waals surface area (Å²) in [6.07, 6.45) is 0.745. The fraction of sp³-hybridized carbons (Fsp3) is 0.294. The van der Waals surface area contributed by atoms with E-state index >= 15 is 0 Å². The van der Waals surface area contributed by atoms with Gasteiger partial charge in [-0.2, -0.15) is 0 Å². The zero-order valence-electron chi connectivity index (χ0n) is 12.1. The topological polar surface area (TPSA) is 44.5 Å². The highest BCUT2D eigenvalue weighted by atomic mass is 35.5. The highest BCUT2D eigenvalue weighted by Gasteiger charge is 2.31. The molecule has 0 heterocycles. The number of hydrogen-bond donors (Lipinski definition) is 1. The lowest BCUT2D eigenvalue weighted by molar-refractivity contribution is 0.185. The summed E-state index contributed by atoms with van der Waals surface area (Å²) in [6, 6.07) is 11.5. The van der Waals surface area contributed by atoms with Crippen molar-refractivity contribution in [3.8, 4) is 11.5 Å². The van der Waals surface area contributed by atoms with Gasteiger partial charge in [-0.1, -0.05) is 17.7 Å². The quantitative estimate of drug-likeness (QED) is 0.941. The van der Waals surface area contributed by atoms with Crippen LogP contribution in [-0.2, 0) is 6.42 Å². The van der Waals surface area contributed by atoms with Crippen LogP contribution in [0.2, 0.25) is 5.02 Å². The van der Waals surface area contributed by atoms with Gasteiger partial charge in [-0.25, -0.2) is 0 Å². The second-order valence-corrected chi connectivity index (χ2v) is 5.77. The molecule has 1 aliphatic rings. The van der Waals surface area contributed by atoms with E-state index in [4.69, 9.17) is 26.8 Å². The van der Waals surface area contributed by atoms with Crippen molar-refractivity contribution in [3.63, 3.8) is 0 Å². The Hall–Kier alpha value is -1.71. The van der Waals surface area contributed by atoms with Crippen molar-refractivity contribution < 1.29 is 9.47 Å². The molecule has 0 fully saturated rings. The Morgan fingerprint density at radius 3 is 2.62 bits per heavy atom. The molecule has 2 atom stereocenters. The van der Waals surface area contributed by atoms with Crippen molar-refractivity contribution in [2.45, 2.75) is 25.5 Å². The standard InChI is InChI=1S/C17H18ClNO2/c1-10-7-13(5-6-15(10)18)21-16-8-11-3-4-12(20-2)9-14(11)17(16)19/h3-7,9,16-17H,8,19H2,1-2H3. The SMILES string of the molecule is COc1ccc2c(c1)C(N)C(Oc1ccc(Cl)c(C)c1)C2. The summed E-state index contributed by atoms with van der Waals surface area (Å²) in [5, 5.41) is 0.742. The molecule has 0 bridgehead atoms. The summed E-state index contributed by atoms with van der Waals surface area (Å²) in [6.45, 7) is 1.96. The maximum Gasteiger partial charge on any atom is 0.122 e. The fourth-order valence-corrected chi connectivity index (χ4v) is 2.84. The van der Waals surface area contributed by atoms with E-state index in [1.54, 1.807) is 7.11 Å². The first-order chi connectivity index (χ1) is 10.1. The van der Waals surface area contributed by atoms with Crippen LogP contribution in [0, 0.1) is 6.92 Å². The van der Waals surface area contributed by atoms with Gasteiger partial charge >= 0.3 is 0 Å². The maximum atomic E-state index is 6.32. The van der Waals surface area contributed by atoms with E-state index in [2.05, 4.69) is 6.07 Å². The van der Waals surface area contributed by atoms with E-state index < -0.39 is 0 Å². The van der Waals surface area contributed by atoms with Gasteiger partial charge in [0.05, 0.1) is 13.2 Å². The highest BCUT2D eigenvalue weighted by Crippen LogP contribution is 2.35. The third-order valence-electron chi connectivity index (χ3n) is 3.95. The second-order valence-electron chi connectivity index (χ2n) is 5.36. The molecule has 0 saturated carbocycles. The highest BCUT2D eigenvalue weighted by molar-refractivity contribution is 6.31. The normalized spacial score (nSPS) is 20.2. The van der Waals surface area contributed by atoms with Gasteiger partial charge in [0, 0.05) is 11.4 Å². The summed E-state index contributed by atoms with van der Waals surface area (Å²) >= 11 is 6.04. The average Bonchev–Trinajstić information content (AvgIpc) is 2.79. The van der Waals surface area contributed by atoms with E-state index in [0.717, 1.165) is 34.1 Å². The van der Waals surface area contributed by atoms with Gasteiger partial charge < -0.3 is 15.2 Å². The Kier molecular flexibility index (Phi) is 3.79. The monoisotopic (exact) mass is 303 g/mol. The zero-order chi connectivity index (χ0) is 15.0. The molecule has 0 radical (unpaired) electrons. The van der Waals surface area contributed by atoms with Crippen LogP contribution in [-0.4, -0.2) is 13.2 Å². The minimum atomic E-state index is -0.147. The van der Waals surface area contributed by atoms with Gasteiger partial charge in [0.2, 0.25) is 0 Å². The molecule has 0 spiro atoms. The Morgan fingerprint density at radius 1 is 1.14 bits per heavy atom. The van der Waals surface area contributed by atoms with Crippen molar-refractivity contribution in [2.75, 3.05) is 7.11 Å². The number of rotatable bonds is 3. The number of nitrogens with two attached hydrogens (primary N) is 1. The third-order valence-corrected chi connectivity index (χ3v) is 4.37. The van der Waals surface area contributed by atoms with Crippen molar-refractivity contribution in [1.29, 1.82) is 0 Å². The van der Waals surface area contributed by atoms with Crippen LogP contribution in [0.5, 0.6) is 11.5 Å². The predicted octanol–water partition coefficient (Wildman–Crippen LogP) is 3.66. The largest absolute Gasteiger partial charge is 0.497 e. The molecule has 0 aromatic heterocycles. The lowest BCUT2D eigenvalue weighted by atomic mass is 10.1. The summed E-state index contributed by atoms with van der Waals surface area (Å²) < 4.78 is 11.3. The summed E-state index contributed by atoms with van der Waals surface area (Å²) in [5.41, 5.74) is 9.65. The van der Waals surface area contributed by atoms with E-state index in [1.807, 2.05) is 37.3 Å². The van der Waals surface area contributed by atoms with Gasteiger partial charge in [0.1, 0.15) is 17.6 Å². The molecule has 2 N–H and O–H groups in total. The molecule has 1 aliphatic carbocycles. The van der Waals surface area contributed by atoms with Gasteiger partial charge in [-0.15, -0.1) is 0 Å². The summed E-state index contributed by atoms with van der Waals surface area (Å²) in [4.78, 5) is 0. The number of fused-ring (bicyclic) bond motifs is 1. The van der Waals surface area contributed by atoms with E-state index in [9.17, 15) is 0 Å². The molecule has 3 rings (SSSR count). The number of hydrogen-bond acceptors (Lipinski definition) is 3. The van der Waals surface area contributed by atoms with Crippen LogP contribution in [0.3, 0.4) is 0 Å². The Bertz CT molecular complexity index is 672. The lowest BCUT2D eigenvalue weighted by Gasteiger charge is -2.19. The number of halogens is 1. The number of ether oxygens (including phenoxy) is 2. The van der Waals surface area contributed by atoms with Crippen molar-refractivity contribution in [2.24, 2.45) is 5.73 Å².